The average Bonchev–Trinajstić information content (AvgIpc) is 3.40. The van der Waals surface area contributed by atoms with Gasteiger partial charge in [-0.25, -0.2) is 9.67 Å². The van der Waals surface area contributed by atoms with E-state index in [1.54, 1.807) is 6.33 Å². The number of hydrogen-bond acceptors (Lipinski definition) is 4. The Labute approximate surface area is 165 Å². The van der Waals surface area contributed by atoms with Crippen LogP contribution in [0, 0.1) is 13.8 Å². The van der Waals surface area contributed by atoms with Crippen LogP contribution in [0.2, 0.25) is 0 Å². The van der Waals surface area contributed by atoms with E-state index in [0.717, 1.165) is 35.7 Å². The third-order valence-electron chi connectivity index (χ3n) is 5.27. The van der Waals surface area contributed by atoms with Crippen LogP contribution >= 0.6 is 0 Å². The van der Waals surface area contributed by atoms with Gasteiger partial charge in [0.2, 0.25) is 0 Å². The summed E-state index contributed by atoms with van der Waals surface area (Å²) in [6.07, 6.45) is 2.48. The molecule has 0 radical (unpaired) electrons. The van der Waals surface area contributed by atoms with E-state index in [1.807, 2.05) is 40.8 Å². The van der Waals surface area contributed by atoms with Crippen LogP contribution in [0.4, 0.5) is 0 Å². The van der Waals surface area contributed by atoms with Crippen LogP contribution in [-0.4, -0.2) is 48.4 Å². The first kappa shape index (κ1) is 18.4. The first-order chi connectivity index (χ1) is 13.4. The summed E-state index contributed by atoms with van der Waals surface area (Å²) in [5.41, 5.74) is 3.76. The van der Waals surface area contributed by atoms with Crippen molar-refractivity contribution in [2.24, 2.45) is 0 Å². The van der Waals surface area contributed by atoms with Crippen LogP contribution in [0.15, 0.2) is 36.7 Å². The van der Waals surface area contributed by atoms with Gasteiger partial charge in [0.1, 0.15) is 6.33 Å². The lowest BCUT2D eigenvalue weighted by atomic mass is 10.1. The Balaban J connectivity index is 1.54. The SMILES string of the molecule is Cc1cc(C)n(C2CCN(C(=O)c3cccc(-c4ncnn4C(C)C)c3)C2)n1. The van der Waals surface area contributed by atoms with E-state index < -0.39 is 0 Å². The Morgan fingerprint density at radius 1 is 1.21 bits per heavy atom. The largest absolute Gasteiger partial charge is 0.336 e. The van der Waals surface area contributed by atoms with Crippen LogP contribution in [0.5, 0.6) is 0 Å². The molecule has 28 heavy (non-hydrogen) atoms. The molecule has 1 atom stereocenters. The minimum absolute atomic E-state index is 0.0569. The van der Waals surface area contributed by atoms with Crippen molar-refractivity contribution in [2.75, 3.05) is 13.1 Å². The van der Waals surface area contributed by atoms with Gasteiger partial charge in [0, 0.05) is 36.0 Å². The van der Waals surface area contributed by atoms with E-state index in [2.05, 4.69) is 46.7 Å². The van der Waals surface area contributed by atoms with E-state index in [1.165, 1.54) is 0 Å². The number of amides is 1. The Morgan fingerprint density at radius 2 is 2.04 bits per heavy atom. The molecule has 3 aromatic rings. The second kappa shape index (κ2) is 7.22. The zero-order valence-corrected chi connectivity index (χ0v) is 16.8. The topological polar surface area (TPSA) is 68.8 Å². The number of carbonyl (C=O) groups is 1. The summed E-state index contributed by atoms with van der Waals surface area (Å²) in [6, 6.07) is 10.2. The summed E-state index contributed by atoms with van der Waals surface area (Å²) in [6.45, 7) is 9.64. The fourth-order valence-electron chi connectivity index (χ4n) is 3.95. The Hall–Kier alpha value is -2.96. The molecule has 7 heteroatoms. The van der Waals surface area contributed by atoms with Crippen molar-refractivity contribution in [2.45, 2.75) is 46.2 Å². The standard InChI is InChI=1S/C21H26N6O/c1-14(2)26-20(22-13-23-26)17-6-5-7-18(11-17)21(28)25-9-8-19(12-25)27-16(4)10-15(3)24-27/h5-7,10-11,13-14,19H,8-9,12H2,1-4H3. The van der Waals surface area contributed by atoms with Crippen molar-refractivity contribution in [1.82, 2.24) is 29.4 Å². The van der Waals surface area contributed by atoms with Crippen molar-refractivity contribution in [1.29, 1.82) is 0 Å². The molecule has 1 amide bonds. The third-order valence-corrected chi connectivity index (χ3v) is 5.27. The molecular formula is C21H26N6O. The summed E-state index contributed by atoms with van der Waals surface area (Å²) in [5.74, 6) is 0.841. The molecule has 0 saturated carbocycles. The van der Waals surface area contributed by atoms with Crippen LogP contribution in [-0.2, 0) is 0 Å². The van der Waals surface area contributed by atoms with Crippen molar-refractivity contribution >= 4 is 5.91 Å². The van der Waals surface area contributed by atoms with Crippen molar-refractivity contribution in [3.05, 3.63) is 53.6 Å². The van der Waals surface area contributed by atoms with Crippen molar-refractivity contribution in [3.8, 4) is 11.4 Å². The van der Waals surface area contributed by atoms with E-state index in [9.17, 15) is 4.79 Å². The first-order valence-corrected chi connectivity index (χ1v) is 9.76. The molecule has 1 fully saturated rings. The molecule has 3 heterocycles. The molecule has 0 N–H and O–H groups in total. The summed E-state index contributed by atoms with van der Waals surface area (Å²) in [4.78, 5) is 19.4. The third kappa shape index (κ3) is 3.32. The normalized spacial score (nSPS) is 16.9. The lowest BCUT2D eigenvalue weighted by Crippen LogP contribution is -2.29. The highest BCUT2D eigenvalue weighted by atomic mass is 16.2. The highest BCUT2D eigenvalue weighted by Gasteiger charge is 2.29. The van der Waals surface area contributed by atoms with Gasteiger partial charge in [0.05, 0.1) is 11.7 Å². The summed E-state index contributed by atoms with van der Waals surface area (Å²) in [5, 5.41) is 8.89. The van der Waals surface area contributed by atoms with E-state index in [0.29, 0.717) is 12.1 Å². The van der Waals surface area contributed by atoms with Gasteiger partial charge >= 0.3 is 0 Å². The Kier molecular flexibility index (Phi) is 4.75. The molecule has 2 aromatic heterocycles. The zero-order valence-electron chi connectivity index (χ0n) is 16.8. The second-order valence-electron chi connectivity index (χ2n) is 7.77. The smallest absolute Gasteiger partial charge is 0.253 e. The van der Waals surface area contributed by atoms with Gasteiger partial charge < -0.3 is 4.90 Å². The van der Waals surface area contributed by atoms with Gasteiger partial charge in [0.15, 0.2) is 5.82 Å². The number of carbonyl (C=O) groups excluding carboxylic acids is 1. The molecule has 1 aliphatic heterocycles. The van der Waals surface area contributed by atoms with Crippen molar-refractivity contribution in [3.63, 3.8) is 0 Å². The maximum atomic E-state index is 13.1. The van der Waals surface area contributed by atoms with Gasteiger partial charge in [-0.3, -0.25) is 9.48 Å². The van der Waals surface area contributed by atoms with Gasteiger partial charge in [-0.15, -0.1) is 0 Å². The van der Waals surface area contributed by atoms with Gasteiger partial charge in [-0.1, -0.05) is 12.1 Å². The molecule has 0 spiro atoms. The van der Waals surface area contributed by atoms with Crippen molar-refractivity contribution < 1.29 is 4.79 Å². The highest BCUT2D eigenvalue weighted by molar-refractivity contribution is 5.95. The number of hydrogen-bond donors (Lipinski definition) is 0. The maximum absolute atomic E-state index is 13.1. The average molecular weight is 378 g/mol. The van der Waals surface area contributed by atoms with E-state index >= 15 is 0 Å². The maximum Gasteiger partial charge on any atom is 0.253 e. The first-order valence-electron chi connectivity index (χ1n) is 9.76. The fourth-order valence-corrected chi connectivity index (χ4v) is 3.95. The molecule has 1 saturated heterocycles. The molecule has 1 aliphatic rings. The van der Waals surface area contributed by atoms with E-state index in [-0.39, 0.29) is 18.0 Å². The lowest BCUT2D eigenvalue weighted by Gasteiger charge is -2.18. The molecule has 1 unspecified atom stereocenters. The number of likely N-dealkylation sites (tertiary alicyclic amines) is 1. The molecule has 0 aliphatic carbocycles. The van der Waals surface area contributed by atoms with Crippen LogP contribution < -0.4 is 0 Å². The number of aryl methyl sites for hydroxylation is 2. The summed E-state index contributed by atoms with van der Waals surface area (Å²) < 4.78 is 3.93. The number of aromatic nitrogens is 5. The van der Waals surface area contributed by atoms with Crippen LogP contribution in [0.3, 0.4) is 0 Å². The fraction of sp³-hybridized carbons (Fsp3) is 0.429. The van der Waals surface area contributed by atoms with Crippen LogP contribution in [0.1, 0.15) is 54.1 Å². The predicted molar refractivity (Wildman–Crippen MR) is 107 cm³/mol. The van der Waals surface area contributed by atoms with Gasteiger partial charge in [0.25, 0.3) is 5.91 Å². The zero-order chi connectivity index (χ0) is 19.8. The Bertz CT molecular complexity index is 1000. The van der Waals surface area contributed by atoms with Gasteiger partial charge in [-0.2, -0.15) is 10.2 Å². The van der Waals surface area contributed by atoms with E-state index in [4.69, 9.17) is 0 Å². The number of nitrogens with zero attached hydrogens (tertiary/aromatic N) is 6. The molecular weight excluding hydrogens is 352 g/mol. The Morgan fingerprint density at radius 3 is 2.75 bits per heavy atom. The molecule has 146 valence electrons. The molecule has 7 nitrogen and oxygen atoms in total. The highest BCUT2D eigenvalue weighted by Crippen LogP contribution is 2.26. The number of benzene rings is 1. The van der Waals surface area contributed by atoms with Crippen LogP contribution in [0.25, 0.3) is 11.4 Å². The second-order valence-corrected chi connectivity index (χ2v) is 7.77. The summed E-state index contributed by atoms with van der Waals surface area (Å²) in [7, 11) is 0. The lowest BCUT2D eigenvalue weighted by molar-refractivity contribution is 0.0787. The minimum Gasteiger partial charge on any atom is -0.336 e. The van der Waals surface area contributed by atoms with Gasteiger partial charge in [-0.05, 0) is 52.3 Å². The monoisotopic (exact) mass is 378 g/mol. The summed E-state index contributed by atoms with van der Waals surface area (Å²) >= 11 is 0. The molecule has 1 aromatic carbocycles. The predicted octanol–water partition coefficient (Wildman–Crippen LogP) is 3.43. The quantitative estimate of drug-likeness (QED) is 0.697. The molecule has 0 bridgehead atoms. The molecule has 4 rings (SSSR count). The number of rotatable bonds is 4. The minimum atomic E-state index is 0.0569.